The number of methoxy groups -OCH3 is 2. The van der Waals surface area contributed by atoms with Gasteiger partial charge < -0.3 is 9.47 Å². The molecular formula is C16H20N2O2S. The number of likely N-dealkylation sites (tertiary alicyclic amines) is 1. The standard InChI is InChI=1S/C16H20N2O2S/c1-19-14-5-3-4-13(16(14)20-2)12-6-8-18(10-12)11-15-17-7-9-21-15/h3-5,7,9,12H,6,8,10-11H2,1-2H3/t12-/m1/s1. The summed E-state index contributed by atoms with van der Waals surface area (Å²) < 4.78 is 11.0. The number of benzene rings is 1. The van der Waals surface area contributed by atoms with Crippen LogP contribution in [0.1, 0.15) is 22.9 Å². The lowest BCUT2D eigenvalue weighted by molar-refractivity contribution is 0.322. The van der Waals surface area contributed by atoms with E-state index in [1.165, 1.54) is 10.6 Å². The van der Waals surface area contributed by atoms with Gasteiger partial charge in [0.25, 0.3) is 0 Å². The Labute approximate surface area is 129 Å². The molecule has 0 unspecified atom stereocenters. The average Bonchev–Trinajstić information content (AvgIpc) is 3.18. The van der Waals surface area contributed by atoms with Gasteiger partial charge in [-0.2, -0.15) is 0 Å². The van der Waals surface area contributed by atoms with Crippen LogP contribution in [0, 0.1) is 0 Å². The van der Waals surface area contributed by atoms with Crippen LogP contribution >= 0.6 is 11.3 Å². The largest absolute Gasteiger partial charge is 0.493 e. The van der Waals surface area contributed by atoms with E-state index in [-0.39, 0.29) is 0 Å². The fourth-order valence-electron chi connectivity index (χ4n) is 2.99. The van der Waals surface area contributed by atoms with Crippen molar-refractivity contribution >= 4 is 11.3 Å². The summed E-state index contributed by atoms with van der Waals surface area (Å²) in [5, 5.41) is 3.22. The minimum absolute atomic E-state index is 0.495. The van der Waals surface area contributed by atoms with Crippen molar-refractivity contribution in [1.29, 1.82) is 0 Å². The lowest BCUT2D eigenvalue weighted by Crippen LogP contribution is -2.19. The van der Waals surface area contributed by atoms with Gasteiger partial charge in [-0.15, -0.1) is 11.3 Å². The van der Waals surface area contributed by atoms with Crippen molar-refractivity contribution in [2.45, 2.75) is 18.9 Å². The van der Waals surface area contributed by atoms with Crippen molar-refractivity contribution in [2.75, 3.05) is 27.3 Å². The monoisotopic (exact) mass is 304 g/mol. The van der Waals surface area contributed by atoms with Crippen LogP contribution in [0.25, 0.3) is 0 Å². The van der Waals surface area contributed by atoms with Gasteiger partial charge in [0, 0.05) is 29.6 Å². The summed E-state index contributed by atoms with van der Waals surface area (Å²) >= 11 is 1.72. The molecule has 2 aromatic rings. The highest BCUT2D eigenvalue weighted by molar-refractivity contribution is 7.09. The molecule has 1 aromatic heterocycles. The van der Waals surface area contributed by atoms with Crippen LogP contribution in [0.4, 0.5) is 0 Å². The molecular weight excluding hydrogens is 284 g/mol. The molecule has 1 fully saturated rings. The molecule has 0 radical (unpaired) electrons. The molecule has 2 heterocycles. The van der Waals surface area contributed by atoms with E-state index in [2.05, 4.69) is 16.0 Å². The highest BCUT2D eigenvalue weighted by Gasteiger charge is 2.27. The van der Waals surface area contributed by atoms with Gasteiger partial charge in [-0.05, 0) is 19.0 Å². The van der Waals surface area contributed by atoms with Gasteiger partial charge in [-0.25, -0.2) is 4.98 Å². The Hall–Kier alpha value is -1.59. The second-order valence-electron chi connectivity index (χ2n) is 5.23. The summed E-state index contributed by atoms with van der Waals surface area (Å²) in [5.41, 5.74) is 1.25. The van der Waals surface area contributed by atoms with Crippen LogP contribution < -0.4 is 9.47 Å². The van der Waals surface area contributed by atoms with E-state index in [1.54, 1.807) is 25.6 Å². The number of ether oxygens (including phenoxy) is 2. The molecule has 1 saturated heterocycles. The highest BCUT2D eigenvalue weighted by Crippen LogP contribution is 2.39. The summed E-state index contributed by atoms with van der Waals surface area (Å²) in [4.78, 5) is 6.83. The van der Waals surface area contributed by atoms with Crippen molar-refractivity contribution in [2.24, 2.45) is 0 Å². The van der Waals surface area contributed by atoms with E-state index >= 15 is 0 Å². The predicted octanol–water partition coefficient (Wildman–Crippen LogP) is 3.15. The highest BCUT2D eigenvalue weighted by atomic mass is 32.1. The van der Waals surface area contributed by atoms with Gasteiger partial charge in [0.05, 0.1) is 20.8 Å². The van der Waals surface area contributed by atoms with E-state index in [0.29, 0.717) is 5.92 Å². The maximum Gasteiger partial charge on any atom is 0.164 e. The number of nitrogens with zero attached hydrogens (tertiary/aromatic N) is 2. The van der Waals surface area contributed by atoms with Crippen molar-refractivity contribution in [3.05, 3.63) is 40.3 Å². The number of rotatable bonds is 5. The van der Waals surface area contributed by atoms with E-state index in [0.717, 1.165) is 37.6 Å². The fraction of sp³-hybridized carbons (Fsp3) is 0.438. The Balaban J connectivity index is 1.74. The first-order chi connectivity index (χ1) is 10.3. The molecule has 1 aromatic carbocycles. The average molecular weight is 304 g/mol. The molecule has 0 saturated carbocycles. The van der Waals surface area contributed by atoms with E-state index in [1.807, 2.05) is 23.7 Å². The molecule has 0 aliphatic carbocycles. The molecule has 5 heteroatoms. The van der Waals surface area contributed by atoms with Crippen LogP contribution in [0.2, 0.25) is 0 Å². The number of aromatic nitrogens is 1. The third-order valence-corrected chi connectivity index (χ3v) is 4.75. The van der Waals surface area contributed by atoms with Crippen molar-refractivity contribution in [3.8, 4) is 11.5 Å². The van der Waals surface area contributed by atoms with E-state index < -0.39 is 0 Å². The normalized spacial score (nSPS) is 18.9. The van der Waals surface area contributed by atoms with E-state index in [9.17, 15) is 0 Å². The minimum atomic E-state index is 0.495. The Morgan fingerprint density at radius 3 is 2.95 bits per heavy atom. The molecule has 1 aliphatic heterocycles. The first-order valence-corrected chi connectivity index (χ1v) is 8.01. The molecule has 1 aliphatic rings. The predicted molar refractivity (Wildman–Crippen MR) is 84.3 cm³/mol. The smallest absolute Gasteiger partial charge is 0.164 e. The van der Waals surface area contributed by atoms with E-state index in [4.69, 9.17) is 9.47 Å². The molecule has 21 heavy (non-hydrogen) atoms. The van der Waals surface area contributed by atoms with Crippen molar-refractivity contribution in [3.63, 3.8) is 0 Å². The molecule has 4 nitrogen and oxygen atoms in total. The van der Waals surface area contributed by atoms with Gasteiger partial charge in [0.1, 0.15) is 5.01 Å². The zero-order valence-corrected chi connectivity index (χ0v) is 13.2. The number of hydrogen-bond donors (Lipinski definition) is 0. The number of hydrogen-bond acceptors (Lipinski definition) is 5. The Morgan fingerprint density at radius 1 is 1.33 bits per heavy atom. The van der Waals surface area contributed by atoms with Gasteiger partial charge >= 0.3 is 0 Å². The Morgan fingerprint density at radius 2 is 2.24 bits per heavy atom. The van der Waals surface area contributed by atoms with Gasteiger partial charge in [-0.1, -0.05) is 12.1 Å². The van der Waals surface area contributed by atoms with Gasteiger partial charge in [0.2, 0.25) is 0 Å². The second kappa shape index (κ2) is 6.45. The van der Waals surface area contributed by atoms with Gasteiger partial charge in [0.15, 0.2) is 11.5 Å². The summed E-state index contributed by atoms with van der Waals surface area (Å²) in [7, 11) is 3.40. The van der Waals surface area contributed by atoms with Crippen molar-refractivity contribution in [1.82, 2.24) is 9.88 Å². The third-order valence-electron chi connectivity index (χ3n) is 3.99. The lowest BCUT2D eigenvalue weighted by Gasteiger charge is -2.18. The minimum Gasteiger partial charge on any atom is -0.493 e. The Bertz CT molecular complexity index is 586. The van der Waals surface area contributed by atoms with Gasteiger partial charge in [-0.3, -0.25) is 4.90 Å². The molecule has 112 valence electrons. The fourth-order valence-corrected chi connectivity index (χ4v) is 3.64. The molecule has 0 bridgehead atoms. The number of thiazole rings is 1. The van der Waals surface area contributed by atoms with Crippen LogP contribution in [-0.2, 0) is 6.54 Å². The maximum absolute atomic E-state index is 5.57. The first-order valence-electron chi connectivity index (χ1n) is 7.13. The van der Waals surface area contributed by atoms with Crippen LogP contribution in [-0.4, -0.2) is 37.2 Å². The molecule has 1 atom stereocenters. The summed E-state index contributed by atoms with van der Waals surface area (Å²) in [6.07, 6.45) is 3.02. The van der Waals surface area contributed by atoms with Crippen LogP contribution in [0.15, 0.2) is 29.8 Å². The molecule has 0 amide bonds. The third kappa shape index (κ3) is 3.04. The zero-order chi connectivity index (χ0) is 14.7. The summed E-state index contributed by atoms with van der Waals surface area (Å²) in [6, 6.07) is 6.14. The summed E-state index contributed by atoms with van der Waals surface area (Å²) in [5.74, 6) is 2.18. The maximum atomic E-state index is 5.57. The number of para-hydroxylation sites is 1. The topological polar surface area (TPSA) is 34.6 Å². The molecule has 3 rings (SSSR count). The SMILES string of the molecule is COc1cccc([C@@H]2CCN(Cc3nccs3)C2)c1OC. The molecule has 0 spiro atoms. The molecule has 0 N–H and O–H groups in total. The summed E-state index contributed by atoms with van der Waals surface area (Å²) in [6.45, 7) is 3.09. The Kier molecular flexibility index (Phi) is 4.41. The lowest BCUT2D eigenvalue weighted by atomic mass is 9.97. The van der Waals surface area contributed by atoms with Crippen LogP contribution in [0.5, 0.6) is 11.5 Å². The first kappa shape index (κ1) is 14.4. The zero-order valence-electron chi connectivity index (χ0n) is 12.4. The second-order valence-corrected chi connectivity index (χ2v) is 6.21. The quantitative estimate of drug-likeness (QED) is 0.850. The van der Waals surface area contributed by atoms with Crippen LogP contribution in [0.3, 0.4) is 0 Å². The van der Waals surface area contributed by atoms with Crippen molar-refractivity contribution < 1.29 is 9.47 Å².